The Balaban J connectivity index is 1.79. The number of rotatable bonds is 8. The molecule has 0 saturated carbocycles. The van der Waals surface area contributed by atoms with Gasteiger partial charge >= 0.3 is 5.97 Å². The minimum atomic E-state index is -0.415. The van der Waals surface area contributed by atoms with Crippen LogP contribution in [0, 0.1) is 6.92 Å². The highest BCUT2D eigenvalue weighted by molar-refractivity contribution is 7.15. The Hall–Kier alpha value is -2.92. The second-order valence-electron chi connectivity index (χ2n) is 7.16. The van der Waals surface area contributed by atoms with Crippen LogP contribution in [-0.4, -0.2) is 18.5 Å². The van der Waals surface area contributed by atoms with Gasteiger partial charge in [-0.05, 0) is 43.4 Å². The van der Waals surface area contributed by atoms with Crippen LogP contribution in [0.25, 0.3) is 11.1 Å². The predicted octanol–water partition coefficient (Wildman–Crippen LogP) is 6.03. The summed E-state index contributed by atoms with van der Waals surface area (Å²) in [5.41, 5.74) is 5.69. The van der Waals surface area contributed by atoms with Crippen LogP contribution in [0.2, 0.25) is 0 Å². The van der Waals surface area contributed by atoms with Crippen molar-refractivity contribution in [2.24, 2.45) is 0 Å². The van der Waals surface area contributed by atoms with E-state index in [1.807, 2.05) is 48.7 Å². The maximum absolute atomic E-state index is 12.7. The van der Waals surface area contributed by atoms with E-state index in [4.69, 9.17) is 4.74 Å². The van der Waals surface area contributed by atoms with Crippen molar-refractivity contribution < 1.29 is 14.3 Å². The first kappa shape index (κ1) is 21.8. The van der Waals surface area contributed by atoms with Gasteiger partial charge in [-0.3, -0.25) is 4.79 Å². The summed E-state index contributed by atoms with van der Waals surface area (Å²) in [6.45, 7) is 6.20. The lowest BCUT2D eigenvalue weighted by Crippen LogP contribution is -2.15. The van der Waals surface area contributed by atoms with Crippen LogP contribution in [0.4, 0.5) is 5.00 Å². The highest BCUT2D eigenvalue weighted by Crippen LogP contribution is 2.36. The average molecular weight is 422 g/mol. The molecule has 0 bridgehead atoms. The molecule has 1 aromatic heterocycles. The number of benzene rings is 2. The van der Waals surface area contributed by atoms with Crippen LogP contribution in [0.5, 0.6) is 0 Å². The van der Waals surface area contributed by atoms with E-state index in [-0.39, 0.29) is 12.5 Å². The molecular weight excluding hydrogens is 394 g/mol. The molecule has 0 aliphatic rings. The van der Waals surface area contributed by atoms with Gasteiger partial charge in [0.15, 0.2) is 0 Å². The minimum Gasteiger partial charge on any atom is -0.462 e. The molecule has 3 rings (SSSR count). The highest BCUT2D eigenvalue weighted by Gasteiger charge is 2.22. The molecule has 0 atom stereocenters. The molecule has 5 heteroatoms. The quantitative estimate of drug-likeness (QED) is 0.452. The van der Waals surface area contributed by atoms with Gasteiger partial charge in [0.1, 0.15) is 10.6 Å². The molecule has 1 N–H and O–H groups in total. The zero-order valence-electron chi connectivity index (χ0n) is 17.7. The largest absolute Gasteiger partial charge is 0.462 e. The zero-order valence-corrected chi connectivity index (χ0v) is 18.5. The second kappa shape index (κ2) is 10.2. The van der Waals surface area contributed by atoms with Gasteiger partial charge in [-0.15, -0.1) is 11.3 Å². The number of carbonyl (C=O) groups excluding carboxylic acids is 2. The molecule has 0 aliphatic heterocycles. The van der Waals surface area contributed by atoms with Crippen LogP contribution >= 0.6 is 11.3 Å². The van der Waals surface area contributed by atoms with E-state index in [2.05, 4.69) is 24.4 Å². The molecular formula is C25H27NO3S. The maximum Gasteiger partial charge on any atom is 0.341 e. The van der Waals surface area contributed by atoms with Crippen LogP contribution in [0.15, 0.2) is 53.9 Å². The van der Waals surface area contributed by atoms with Gasteiger partial charge in [0.25, 0.3) is 0 Å². The number of anilines is 1. The number of carbonyl (C=O) groups is 2. The second-order valence-corrected chi connectivity index (χ2v) is 8.04. The van der Waals surface area contributed by atoms with Crippen molar-refractivity contribution in [2.75, 3.05) is 11.9 Å². The Kier molecular flexibility index (Phi) is 7.41. The summed E-state index contributed by atoms with van der Waals surface area (Å²) >= 11 is 1.35. The van der Waals surface area contributed by atoms with E-state index in [0.717, 1.165) is 23.1 Å². The van der Waals surface area contributed by atoms with E-state index >= 15 is 0 Å². The highest BCUT2D eigenvalue weighted by atomic mass is 32.1. The molecule has 0 unspecified atom stereocenters. The molecule has 0 aliphatic carbocycles. The Morgan fingerprint density at radius 3 is 2.27 bits per heavy atom. The first-order valence-electron chi connectivity index (χ1n) is 10.2. The van der Waals surface area contributed by atoms with Gasteiger partial charge < -0.3 is 10.1 Å². The normalized spacial score (nSPS) is 10.6. The van der Waals surface area contributed by atoms with Crippen molar-refractivity contribution in [2.45, 2.75) is 40.0 Å². The Bertz CT molecular complexity index is 1000. The van der Waals surface area contributed by atoms with Crippen molar-refractivity contribution in [3.8, 4) is 11.1 Å². The summed E-state index contributed by atoms with van der Waals surface area (Å²) in [6, 6.07) is 16.3. The van der Waals surface area contributed by atoms with Crippen LogP contribution in [0.3, 0.4) is 0 Å². The van der Waals surface area contributed by atoms with Crippen LogP contribution in [-0.2, 0) is 22.4 Å². The summed E-state index contributed by atoms with van der Waals surface area (Å²) in [5.74, 6) is -0.530. The minimum absolute atomic E-state index is 0.115. The molecule has 0 radical (unpaired) electrons. The van der Waals surface area contributed by atoms with Gasteiger partial charge in [0.05, 0.1) is 6.61 Å². The number of esters is 1. The van der Waals surface area contributed by atoms with E-state index in [0.29, 0.717) is 23.4 Å². The van der Waals surface area contributed by atoms with E-state index in [1.165, 1.54) is 22.5 Å². The van der Waals surface area contributed by atoms with Gasteiger partial charge in [-0.25, -0.2) is 4.79 Å². The van der Waals surface area contributed by atoms with Crippen LogP contribution < -0.4 is 5.32 Å². The third-order valence-electron chi connectivity index (χ3n) is 4.96. The molecule has 3 aromatic rings. The van der Waals surface area contributed by atoms with E-state index in [9.17, 15) is 9.59 Å². The third-order valence-corrected chi connectivity index (χ3v) is 5.85. The number of aryl methyl sites for hydroxylation is 3. The third kappa shape index (κ3) is 5.36. The van der Waals surface area contributed by atoms with E-state index < -0.39 is 5.97 Å². The maximum atomic E-state index is 12.7. The number of amides is 1. The Labute approximate surface area is 181 Å². The Morgan fingerprint density at radius 1 is 0.967 bits per heavy atom. The summed E-state index contributed by atoms with van der Waals surface area (Å²) in [6.07, 6.45) is 1.96. The summed E-state index contributed by atoms with van der Waals surface area (Å²) in [7, 11) is 0. The van der Waals surface area contributed by atoms with Crippen molar-refractivity contribution >= 4 is 28.2 Å². The zero-order chi connectivity index (χ0) is 21.5. The van der Waals surface area contributed by atoms with Crippen molar-refractivity contribution in [3.63, 3.8) is 0 Å². The number of nitrogens with one attached hydrogen (secondary N) is 1. The van der Waals surface area contributed by atoms with Gasteiger partial charge in [0, 0.05) is 17.4 Å². The fourth-order valence-corrected chi connectivity index (χ4v) is 4.16. The van der Waals surface area contributed by atoms with Crippen molar-refractivity contribution in [1.29, 1.82) is 0 Å². The van der Waals surface area contributed by atoms with Crippen molar-refractivity contribution in [3.05, 3.63) is 76.2 Å². The van der Waals surface area contributed by atoms with Crippen LogP contribution in [0.1, 0.15) is 47.3 Å². The van der Waals surface area contributed by atoms with Gasteiger partial charge in [-0.2, -0.15) is 0 Å². The number of hydrogen-bond acceptors (Lipinski definition) is 4. The molecule has 1 heterocycles. The lowest BCUT2D eigenvalue weighted by Gasteiger charge is -2.09. The lowest BCUT2D eigenvalue weighted by molar-refractivity contribution is -0.116. The number of thiophene rings is 1. The lowest BCUT2D eigenvalue weighted by atomic mass is 10.0. The van der Waals surface area contributed by atoms with Crippen molar-refractivity contribution in [1.82, 2.24) is 0 Å². The fraction of sp³-hybridized carbons (Fsp3) is 0.280. The predicted molar refractivity (Wildman–Crippen MR) is 123 cm³/mol. The summed E-state index contributed by atoms with van der Waals surface area (Å²) in [5, 5.41) is 5.37. The fourth-order valence-electron chi connectivity index (χ4n) is 3.19. The molecule has 1 amide bonds. The van der Waals surface area contributed by atoms with Gasteiger partial charge in [0.2, 0.25) is 5.91 Å². The number of ether oxygens (including phenoxy) is 1. The smallest absolute Gasteiger partial charge is 0.341 e. The average Bonchev–Trinajstić information content (AvgIpc) is 3.17. The molecule has 0 fully saturated rings. The molecule has 156 valence electrons. The monoisotopic (exact) mass is 421 g/mol. The number of hydrogen-bond donors (Lipinski definition) is 1. The Morgan fingerprint density at radius 2 is 1.63 bits per heavy atom. The molecule has 4 nitrogen and oxygen atoms in total. The summed E-state index contributed by atoms with van der Waals surface area (Å²) in [4.78, 5) is 25.2. The first-order valence-corrected chi connectivity index (χ1v) is 11.1. The van der Waals surface area contributed by atoms with E-state index in [1.54, 1.807) is 6.92 Å². The molecule has 0 saturated heterocycles. The SMILES string of the molecule is CCOC(=O)c1c(-c2ccc(CC)cc2)csc1NC(=O)CCc1ccc(C)cc1. The standard InChI is InChI=1S/C25H27NO3S/c1-4-18-10-13-20(14-11-18)21-16-30-24(23(21)25(28)29-5-2)26-22(27)15-12-19-8-6-17(3)7-9-19/h6-11,13-14,16H,4-5,12,15H2,1-3H3,(H,26,27). The van der Waals surface area contributed by atoms with Gasteiger partial charge in [-0.1, -0.05) is 61.0 Å². The first-order chi connectivity index (χ1) is 14.5. The molecule has 0 spiro atoms. The topological polar surface area (TPSA) is 55.4 Å². The molecule has 30 heavy (non-hydrogen) atoms. The molecule has 2 aromatic carbocycles. The summed E-state index contributed by atoms with van der Waals surface area (Å²) < 4.78 is 5.27.